The molecule has 0 aromatic heterocycles. The van der Waals surface area contributed by atoms with Crippen LogP contribution in [0.1, 0.15) is 0 Å². The Balaban J connectivity index is 2.72. The number of carbonyl (C=O) groups is 1. The number of hydrogen-bond acceptors (Lipinski definition) is 3. The molecule has 2 rings (SSSR count). The molecule has 1 aliphatic rings. The van der Waals surface area contributed by atoms with Gasteiger partial charge in [-0.3, -0.25) is 0 Å². The van der Waals surface area contributed by atoms with E-state index in [2.05, 4.69) is 5.32 Å². The number of anilines is 1. The molecule has 0 saturated carbocycles. The highest BCUT2D eigenvalue weighted by atomic mass is 32.2. The van der Waals surface area contributed by atoms with Gasteiger partial charge in [0.2, 0.25) is 0 Å². The van der Waals surface area contributed by atoms with Crippen molar-refractivity contribution < 1.29 is 17.7 Å². The van der Waals surface area contributed by atoms with Crippen LogP contribution in [0.2, 0.25) is 0 Å². The van der Waals surface area contributed by atoms with Crippen molar-refractivity contribution >= 4 is 21.7 Å². The Hall–Kier alpha value is -1.63. The van der Waals surface area contributed by atoms with E-state index in [1.165, 1.54) is 18.2 Å². The fourth-order valence-corrected chi connectivity index (χ4v) is 2.23. The molecule has 1 aromatic rings. The number of nitrogens with one attached hydrogen (secondary N) is 1. The lowest BCUT2D eigenvalue weighted by atomic mass is 10.3. The van der Waals surface area contributed by atoms with E-state index in [1.54, 1.807) is 6.07 Å². The lowest BCUT2D eigenvalue weighted by molar-refractivity contribution is 0.156. The second-order valence-electron chi connectivity index (χ2n) is 2.65. The van der Waals surface area contributed by atoms with Crippen LogP contribution in [-0.4, -0.2) is 19.0 Å². The van der Waals surface area contributed by atoms with E-state index in [9.17, 15) is 17.7 Å². The number of halogens is 1. The summed E-state index contributed by atoms with van der Waals surface area (Å²) >= 11 is 0. The van der Waals surface area contributed by atoms with Crippen LogP contribution < -0.4 is 5.32 Å². The Labute approximate surface area is 79.1 Å². The van der Waals surface area contributed by atoms with E-state index >= 15 is 0 Å². The number of sulfonamides is 1. The Morgan fingerprint density at radius 3 is 2.64 bits per heavy atom. The molecule has 7 heteroatoms. The van der Waals surface area contributed by atoms with Gasteiger partial charge in [-0.1, -0.05) is 16.6 Å². The lowest BCUT2D eigenvalue weighted by Gasteiger charge is -2.21. The molecule has 0 atom stereocenters. The lowest BCUT2D eigenvalue weighted by Crippen LogP contribution is -2.38. The van der Waals surface area contributed by atoms with Crippen LogP contribution >= 0.6 is 0 Å². The molecule has 0 saturated heterocycles. The minimum absolute atomic E-state index is 0.0893. The first-order valence-corrected chi connectivity index (χ1v) is 5.08. The maximum Gasteiger partial charge on any atom is 0.365 e. The summed E-state index contributed by atoms with van der Waals surface area (Å²) in [5.74, 6) is 0. The van der Waals surface area contributed by atoms with E-state index in [0.717, 1.165) is 0 Å². The highest BCUT2D eigenvalue weighted by Crippen LogP contribution is 2.29. The monoisotopic (exact) mass is 216 g/mol. The van der Waals surface area contributed by atoms with Crippen molar-refractivity contribution in [2.24, 2.45) is 0 Å². The van der Waals surface area contributed by atoms with Crippen LogP contribution in [-0.2, 0) is 10.0 Å². The van der Waals surface area contributed by atoms with Gasteiger partial charge in [0.15, 0.2) is 0 Å². The SMILES string of the molecule is O=C1Nc2ccccc2S(=O)(=O)N1F. The predicted molar refractivity (Wildman–Crippen MR) is 45.6 cm³/mol. The third-order valence-electron chi connectivity index (χ3n) is 1.78. The van der Waals surface area contributed by atoms with E-state index in [4.69, 9.17) is 0 Å². The molecular formula is C7H5FN2O3S. The molecule has 0 fully saturated rings. The molecular weight excluding hydrogens is 211 g/mol. The van der Waals surface area contributed by atoms with Crippen LogP contribution in [0.25, 0.3) is 0 Å². The Morgan fingerprint density at radius 1 is 1.29 bits per heavy atom. The van der Waals surface area contributed by atoms with Crippen molar-refractivity contribution in [3.05, 3.63) is 24.3 Å². The van der Waals surface area contributed by atoms with Crippen LogP contribution in [0.4, 0.5) is 15.0 Å². The molecule has 0 radical (unpaired) electrons. The average Bonchev–Trinajstić information content (AvgIpc) is 2.15. The number of para-hydroxylation sites is 1. The number of fused-ring (bicyclic) bond motifs is 1. The van der Waals surface area contributed by atoms with Gasteiger partial charge >= 0.3 is 6.03 Å². The summed E-state index contributed by atoms with van der Waals surface area (Å²) in [6, 6.07) is 4.29. The van der Waals surface area contributed by atoms with Gasteiger partial charge < -0.3 is 5.32 Å². The molecule has 5 nitrogen and oxygen atoms in total. The van der Waals surface area contributed by atoms with Gasteiger partial charge in [-0.2, -0.15) is 8.42 Å². The number of hydrogen-bond donors (Lipinski definition) is 1. The highest BCUT2D eigenvalue weighted by Gasteiger charge is 2.36. The number of urea groups is 1. The van der Waals surface area contributed by atoms with Gasteiger partial charge in [-0.25, -0.2) is 4.79 Å². The van der Waals surface area contributed by atoms with Crippen molar-refractivity contribution in [1.29, 1.82) is 0 Å². The number of benzene rings is 1. The molecule has 1 N–H and O–H groups in total. The summed E-state index contributed by atoms with van der Waals surface area (Å²) in [5, 5.41) is 2.10. The Bertz CT molecular complexity index is 499. The van der Waals surface area contributed by atoms with Crippen molar-refractivity contribution in [1.82, 2.24) is 4.53 Å². The molecule has 0 bridgehead atoms. The Morgan fingerprint density at radius 2 is 1.93 bits per heavy atom. The summed E-state index contributed by atoms with van der Waals surface area (Å²) in [7, 11) is -4.32. The number of rotatable bonds is 0. The summed E-state index contributed by atoms with van der Waals surface area (Å²) in [6.45, 7) is 0. The minimum atomic E-state index is -4.32. The quantitative estimate of drug-likeness (QED) is 0.660. The summed E-state index contributed by atoms with van der Waals surface area (Å²) in [4.78, 5) is 10.6. The second kappa shape index (κ2) is 2.68. The fourth-order valence-electron chi connectivity index (χ4n) is 1.15. The zero-order chi connectivity index (χ0) is 10.3. The van der Waals surface area contributed by atoms with Crippen molar-refractivity contribution in [3.8, 4) is 0 Å². The maximum absolute atomic E-state index is 12.9. The predicted octanol–water partition coefficient (Wildman–Crippen LogP) is 1.11. The molecule has 1 aromatic carbocycles. The normalized spacial score (nSPS) is 18.6. The molecule has 74 valence electrons. The van der Waals surface area contributed by atoms with E-state index < -0.39 is 20.6 Å². The third kappa shape index (κ3) is 1.06. The van der Waals surface area contributed by atoms with Crippen molar-refractivity contribution in [2.45, 2.75) is 4.90 Å². The van der Waals surface area contributed by atoms with E-state index in [-0.39, 0.29) is 10.6 Å². The summed E-state index contributed by atoms with van der Waals surface area (Å²) < 4.78 is 34.7. The minimum Gasteiger partial charge on any atom is -0.304 e. The smallest absolute Gasteiger partial charge is 0.304 e. The molecule has 1 heterocycles. The average molecular weight is 216 g/mol. The van der Waals surface area contributed by atoms with Gasteiger partial charge in [0.05, 0.1) is 5.69 Å². The molecule has 2 amide bonds. The van der Waals surface area contributed by atoms with Crippen LogP contribution in [0.5, 0.6) is 0 Å². The largest absolute Gasteiger partial charge is 0.365 e. The van der Waals surface area contributed by atoms with Gasteiger partial charge in [-0.05, 0) is 16.7 Å². The van der Waals surface area contributed by atoms with Crippen molar-refractivity contribution in [3.63, 3.8) is 0 Å². The zero-order valence-corrected chi connectivity index (χ0v) is 7.58. The first-order chi connectivity index (χ1) is 6.53. The molecule has 0 spiro atoms. The summed E-state index contributed by atoms with van der Waals surface area (Å²) in [6.07, 6.45) is 0. The van der Waals surface area contributed by atoms with Gasteiger partial charge in [-0.15, -0.1) is 0 Å². The standard InChI is InChI=1S/C7H5FN2O3S/c8-10-7(11)9-5-3-1-2-4-6(5)14(10,12)13/h1-4H,(H,9,11). The molecule has 0 unspecified atom stereocenters. The number of carbonyl (C=O) groups excluding carboxylic acids is 1. The topological polar surface area (TPSA) is 66.5 Å². The molecule has 1 aliphatic heterocycles. The van der Waals surface area contributed by atoms with Crippen LogP contribution in [0.15, 0.2) is 29.2 Å². The number of nitrogens with zero attached hydrogens (tertiary/aromatic N) is 1. The molecule has 14 heavy (non-hydrogen) atoms. The molecule has 0 aliphatic carbocycles. The van der Waals surface area contributed by atoms with Crippen LogP contribution in [0, 0.1) is 0 Å². The van der Waals surface area contributed by atoms with Crippen molar-refractivity contribution in [2.75, 3.05) is 5.32 Å². The zero-order valence-electron chi connectivity index (χ0n) is 6.77. The Kier molecular flexibility index (Phi) is 1.71. The van der Waals surface area contributed by atoms with E-state index in [1.807, 2.05) is 0 Å². The first-order valence-electron chi connectivity index (χ1n) is 3.64. The highest BCUT2D eigenvalue weighted by molar-refractivity contribution is 7.89. The second-order valence-corrected chi connectivity index (χ2v) is 4.36. The summed E-state index contributed by atoms with van der Waals surface area (Å²) in [5.41, 5.74) is 0.0893. The maximum atomic E-state index is 12.9. The van der Waals surface area contributed by atoms with Gasteiger partial charge in [0, 0.05) is 0 Å². The van der Waals surface area contributed by atoms with Gasteiger partial charge in [0.1, 0.15) is 4.90 Å². The number of amides is 2. The van der Waals surface area contributed by atoms with Crippen LogP contribution in [0.3, 0.4) is 0 Å². The van der Waals surface area contributed by atoms with E-state index in [0.29, 0.717) is 0 Å². The van der Waals surface area contributed by atoms with Gasteiger partial charge in [0.25, 0.3) is 10.0 Å². The fraction of sp³-hybridized carbons (Fsp3) is 0. The third-order valence-corrected chi connectivity index (χ3v) is 3.28. The first kappa shape index (κ1) is 8.95.